The lowest BCUT2D eigenvalue weighted by Crippen LogP contribution is -2.49. The molecule has 0 bridgehead atoms. The predicted molar refractivity (Wildman–Crippen MR) is 79.9 cm³/mol. The van der Waals surface area contributed by atoms with E-state index in [1.807, 2.05) is 6.92 Å². The van der Waals surface area contributed by atoms with Crippen molar-refractivity contribution in [3.05, 3.63) is 35.4 Å². The second kappa shape index (κ2) is 7.39. The quantitative estimate of drug-likeness (QED) is 0.892. The van der Waals surface area contributed by atoms with Crippen LogP contribution in [-0.4, -0.2) is 41.6 Å². The van der Waals surface area contributed by atoms with Gasteiger partial charge in [0.25, 0.3) is 0 Å². The number of nitrogens with one attached hydrogen (secondary N) is 1. The van der Waals surface area contributed by atoms with Crippen LogP contribution in [-0.2, 0) is 11.2 Å². The van der Waals surface area contributed by atoms with E-state index in [-0.39, 0.29) is 37.0 Å². The Hall–Kier alpha value is -2.18. The maximum atomic E-state index is 13.5. The number of nitrogens with zero attached hydrogens (tertiary/aromatic N) is 1. The number of benzene rings is 1. The largest absolute Gasteiger partial charge is 0.481 e. The molecule has 1 aromatic carbocycles. The molecule has 2 rings (SSSR count). The molecule has 0 saturated carbocycles. The number of carboxylic acid groups (broad SMARTS) is 1. The van der Waals surface area contributed by atoms with Gasteiger partial charge in [-0.05, 0) is 30.4 Å². The summed E-state index contributed by atoms with van der Waals surface area (Å²) in [6.45, 7) is 2.71. The van der Waals surface area contributed by atoms with Gasteiger partial charge in [-0.1, -0.05) is 19.1 Å². The van der Waals surface area contributed by atoms with Gasteiger partial charge in [-0.25, -0.2) is 13.6 Å². The van der Waals surface area contributed by atoms with Crippen molar-refractivity contribution < 1.29 is 23.5 Å². The van der Waals surface area contributed by atoms with Gasteiger partial charge in [-0.3, -0.25) is 4.79 Å². The SMILES string of the molecule is CC1CC(C(=O)O)CN(C(=O)NCCc2cccc(F)c2F)C1. The summed E-state index contributed by atoms with van der Waals surface area (Å²) in [5.41, 5.74) is 0.195. The number of amides is 2. The average Bonchev–Trinajstić information content (AvgIpc) is 2.50. The number of aliphatic carboxylic acids is 1. The minimum Gasteiger partial charge on any atom is -0.481 e. The van der Waals surface area contributed by atoms with E-state index in [2.05, 4.69) is 5.32 Å². The van der Waals surface area contributed by atoms with E-state index in [0.29, 0.717) is 13.0 Å². The van der Waals surface area contributed by atoms with Gasteiger partial charge >= 0.3 is 12.0 Å². The van der Waals surface area contributed by atoms with Gasteiger partial charge in [0, 0.05) is 19.6 Å². The number of carbonyl (C=O) groups is 2. The highest BCUT2D eigenvalue weighted by molar-refractivity contribution is 5.76. The summed E-state index contributed by atoms with van der Waals surface area (Å²) in [6.07, 6.45) is 0.717. The molecule has 2 atom stereocenters. The van der Waals surface area contributed by atoms with Gasteiger partial charge in [0.2, 0.25) is 0 Å². The smallest absolute Gasteiger partial charge is 0.317 e. The van der Waals surface area contributed by atoms with E-state index in [9.17, 15) is 18.4 Å². The highest BCUT2D eigenvalue weighted by Crippen LogP contribution is 2.21. The van der Waals surface area contributed by atoms with E-state index in [0.717, 1.165) is 6.07 Å². The van der Waals surface area contributed by atoms with Crippen LogP contribution in [0.5, 0.6) is 0 Å². The number of carbonyl (C=O) groups excluding carboxylic acids is 1. The van der Waals surface area contributed by atoms with Crippen molar-refractivity contribution in [1.29, 1.82) is 0 Å². The Kier molecular flexibility index (Phi) is 5.52. The number of urea groups is 1. The first-order chi connectivity index (χ1) is 10.9. The van der Waals surface area contributed by atoms with Gasteiger partial charge < -0.3 is 15.3 Å². The topological polar surface area (TPSA) is 69.6 Å². The van der Waals surface area contributed by atoms with E-state index in [1.54, 1.807) is 0 Å². The standard InChI is InChI=1S/C16H20F2N2O3/c1-10-7-12(15(21)22)9-20(8-10)16(23)19-6-5-11-3-2-4-13(17)14(11)18/h2-4,10,12H,5-9H2,1H3,(H,19,23)(H,21,22). The molecule has 1 fully saturated rings. The monoisotopic (exact) mass is 326 g/mol. The Morgan fingerprint density at radius 1 is 1.35 bits per heavy atom. The van der Waals surface area contributed by atoms with Gasteiger partial charge in [-0.2, -0.15) is 0 Å². The zero-order valence-electron chi connectivity index (χ0n) is 12.9. The summed E-state index contributed by atoms with van der Waals surface area (Å²) in [6, 6.07) is 3.55. The summed E-state index contributed by atoms with van der Waals surface area (Å²) in [5, 5.41) is 11.7. The van der Waals surface area contributed by atoms with E-state index >= 15 is 0 Å². The fourth-order valence-corrected chi connectivity index (χ4v) is 2.85. The molecule has 126 valence electrons. The number of carboxylic acids is 1. The van der Waals surface area contributed by atoms with Crippen LogP contribution in [0.4, 0.5) is 13.6 Å². The molecule has 0 aromatic heterocycles. The van der Waals surface area contributed by atoms with Crippen molar-refractivity contribution in [2.24, 2.45) is 11.8 Å². The Balaban J connectivity index is 1.87. The molecular formula is C16H20F2N2O3. The molecule has 2 N–H and O–H groups in total. The summed E-state index contributed by atoms with van der Waals surface area (Å²) >= 11 is 0. The number of hydrogen-bond donors (Lipinski definition) is 2. The molecule has 2 amide bonds. The molecule has 23 heavy (non-hydrogen) atoms. The first-order valence-corrected chi connectivity index (χ1v) is 7.57. The average molecular weight is 326 g/mol. The second-order valence-electron chi connectivity index (χ2n) is 5.98. The number of likely N-dealkylation sites (tertiary alicyclic amines) is 1. The van der Waals surface area contributed by atoms with Gasteiger partial charge in [-0.15, -0.1) is 0 Å². The Labute approximate surface area is 133 Å². The maximum Gasteiger partial charge on any atom is 0.317 e. The van der Waals surface area contributed by atoms with Crippen molar-refractivity contribution in [3.8, 4) is 0 Å². The maximum absolute atomic E-state index is 13.5. The first-order valence-electron chi connectivity index (χ1n) is 7.57. The molecular weight excluding hydrogens is 306 g/mol. The van der Waals surface area contributed by atoms with Crippen LogP contribution in [0.15, 0.2) is 18.2 Å². The molecule has 2 unspecified atom stereocenters. The number of hydrogen-bond acceptors (Lipinski definition) is 2. The van der Waals surface area contributed by atoms with Crippen molar-refractivity contribution in [1.82, 2.24) is 10.2 Å². The third kappa shape index (κ3) is 4.40. The lowest BCUT2D eigenvalue weighted by atomic mass is 9.91. The molecule has 1 aliphatic rings. The fraction of sp³-hybridized carbons (Fsp3) is 0.500. The molecule has 0 aliphatic carbocycles. The third-order valence-corrected chi connectivity index (χ3v) is 4.00. The minimum atomic E-state index is -0.914. The van der Waals surface area contributed by atoms with E-state index in [1.165, 1.54) is 17.0 Å². The highest BCUT2D eigenvalue weighted by atomic mass is 19.2. The van der Waals surface area contributed by atoms with E-state index < -0.39 is 23.5 Å². The Morgan fingerprint density at radius 3 is 2.78 bits per heavy atom. The summed E-state index contributed by atoms with van der Waals surface area (Å²) in [4.78, 5) is 24.7. The summed E-state index contributed by atoms with van der Waals surface area (Å²) in [5.74, 6) is -3.18. The third-order valence-electron chi connectivity index (χ3n) is 4.00. The molecule has 1 saturated heterocycles. The molecule has 1 aliphatic heterocycles. The van der Waals surface area contributed by atoms with Gasteiger partial charge in [0.15, 0.2) is 11.6 Å². The number of halogens is 2. The van der Waals surface area contributed by atoms with Crippen LogP contribution >= 0.6 is 0 Å². The zero-order valence-corrected chi connectivity index (χ0v) is 12.9. The van der Waals surface area contributed by atoms with Crippen LogP contribution in [0, 0.1) is 23.5 Å². The van der Waals surface area contributed by atoms with Gasteiger partial charge in [0.1, 0.15) is 0 Å². The van der Waals surface area contributed by atoms with Crippen LogP contribution in [0.1, 0.15) is 18.9 Å². The first kappa shape index (κ1) is 17.2. The summed E-state index contributed by atoms with van der Waals surface area (Å²) < 4.78 is 26.6. The van der Waals surface area contributed by atoms with Crippen LogP contribution in [0.2, 0.25) is 0 Å². The molecule has 0 spiro atoms. The van der Waals surface area contributed by atoms with Crippen molar-refractivity contribution in [2.75, 3.05) is 19.6 Å². The van der Waals surface area contributed by atoms with Crippen molar-refractivity contribution in [3.63, 3.8) is 0 Å². The normalized spacial score (nSPS) is 21.1. The van der Waals surface area contributed by atoms with Gasteiger partial charge in [0.05, 0.1) is 5.92 Å². The van der Waals surface area contributed by atoms with Crippen LogP contribution in [0.3, 0.4) is 0 Å². The zero-order chi connectivity index (χ0) is 17.0. The minimum absolute atomic E-state index is 0.108. The van der Waals surface area contributed by atoms with E-state index in [4.69, 9.17) is 5.11 Å². The molecule has 1 heterocycles. The summed E-state index contributed by atoms with van der Waals surface area (Å²) in [7, 11) is 0. The Morgan fingerprint density at radius 2 is 2.09 bits per heavy atom. The number of piperidine rings is 1. The molecule has 5 nitrogen and oxygen atoms in total. The molecule has 7 heteroatoms. The second-order valence-corrected chi connectivity index (χ2v) is 5.98. The Bertz CT molecular complexity index is 595. The van der Waals surface area contributed by atoms with Crippen LogP contribution in [0.25, 0.3) is 0 Å². The number of rotatable bonds is 4. The molecule has 0 radical (unpaired) electrons. The van der Waals surface area contributed by atoms with Crippen molar-refractivity contribution in [2.45, 2.75) is 19.8 Å². The predicted octanol–water partition coefficient (Wildman–Crippen LogP) is 2.26. The van der Waals surface area contributed by atoms with Crippen LogP contribution < -0.4 is 5.32 Å². The van der Waals surface area contributed by atoms with Crippen molar-refractivity contribution >= 4 is 12.0 Å². The fourth-order valence-electron chi connectivity index (χ4n) is 2.85. The lowest BCUT2D eigenvalue weighted by molar-refractivity contribution is -0.143. The lowest BCUT2D eigenvalue weighted by Gasteiger charge is -2.34. The molecule has 1 aromatic rings. The highest BCUT2D eigenvalue weighted by Gasteiger charge is 2.31.